The summed E-state index contributed by atoms with van der Waals surface area (Å²) in [5.41, 5.74) is 5.78. The molecule has 0 amide bonds. The van der Waals surface area contributed by atoms with Gasteiger partial charge in [-0.2, -0.15) is 0 Å². The number of fused-ring (bicyclic) bond motifs is 1. The second kappa shape index (κ2) is 12.2. The van der Waals surface area contributed by atoms with Crippen molar-refractivity contribution < 1.29 is 9.84 Å². The molecule has 2 rings (SSSR count). The van der Waals surface area contributed by atoms with E-state index in [1.54, 1.807) is 0 Å². The molecule has 2 nitrogen and oxygen atoms in total. The first-order chi connectivity index (χ1) is 15.5. The average Bonchev–Trinajstić information content (AvgIpc) is 2.76. The van der Waals surface area contributed by atoms with Gasteiger partial charge in [0.05, 0.1) is 17.0 Å². The molecule has 0 aromatic heterocycles. The van der Waals surface area contributed by atoms with Crippen LogP contribution in [0.3, 0.4) is 0 Å². The van der Waals surface area contributed by atoms with Crippen LogP contribution in [-0.2, 0) is 4.74 Å². The highest BCUT2D eigenvalue weighted by atomic mass is 16.5. The largest absolute Gasteiger partial charge is 0.513 e. The van der Waals surface area contributed by atoms with Gasteiger partial charge >= 0.3 is 0 Å². The summed E-state index contributed by atoms with van der Waals surface area (Å²) < 4.78 is 6.99. The zero-order valence-electron chi connectivity index (χ0n) is 22.6. The van der Waals surface area contributed by atoms with E-state index in [-0.39, 0.29) is 17.1 Å². The van der Waals surface area contributed by atoms with Gasteiger partial charge in [-0.1, -0.05) is 68.4 Å². The van der Waals surface area contributed by atoms with Crippen LogP contribution in [0.25, 0.3) is 0 Å². The van der Waals surface area contributed by atoms with E-state index in [2.05, 4.69) is 72.4 Å². The van der Waals surface area contributed by atoms with Crippen molar-refractivity contribution in [2.75, 3.05) is 0 Å². The fourth-order valence-corrected chi connectivity index (χ4v) is 5.50. The van der Waals surface area contributed by atoms with Gasteiger partial charge in [-0.25, -0.2) is 0 Å². The molecule has 0 saturated carbocycles. The van der Waals surface area contributed by atoms with Crippen LogP contribution in [0.5, 0.6) is 0 Å². The molecule has 4 atom stereocenters. The van der Waals surface area contributed by atoms with Crippen molar-refractivity contribution in [1.82, 2.24) is 0 Å². The lowest BCUT2D eigenvalue weighted by atomic mass is 9.68. The van der Waals surface area contributed by atoms with Crippen LogP contribution < -0.4 is 0 Å². The van der Waals surface area contributed by atoms with Crippen LogP contribution in [0.15, 0.2) is 58.9 Å². The highest BCUT2D eigenvalue weighted by molar-refractivity contribution is 5.36. The average molecular weight is 455 g/mol. The second-order valence-electron chi connectivity index (χ2n) is 11.1. The number of ether oxygens (including phenoxy) is 1. The molecule has 1 aliphatic carbocycles. The third kappa shape index (κ3) is 7.47. The normalized spacial score (nSPS) is 29.2. The van der Waals surface area contributed by atoms with E-state index < -0.39 is 0 Å². The fraction of sp³-hybridized carbons (Fsp3) is 0.677. The highest BCUT2D eigenvalue weighted by Crippen LogP contribution is 2.50. The number of allylic oxidation sites excluding steroid dienone is 7. The van der Waals surface area contributed by atoms with Gasteiger partial charge in [0.25, 0.3) is 0 Å². The molecule has 2 aliphatic rings. The van der Waals surface area contributed by atoms with Gasteiger partial charge in [-0.05, 0) is 97.5 Å². The lowest BCUT2D eigenvalue weighted by Gasteiger charge is -2.53. The van der Waals surface area contributed by atoms with E-state index in [4.69, 9.17) is 4.74 Å². The molecule has 1 heterocycles. The van der Waals surface area contributed by atoms with Crippen LogP contribution >= 0.6 is 0 Å². The highest BCUT2D eigenvalue weighted by Gasteiger charge is 2.49. The van der Waals surface area contributed by atoms with E-state index in [0.29, 0.717) is 11.7 Å². The van der Waals surface area contributed by atoms with Gasteiger partial charge in [-0.15, -0.1) is 0 Å². The van der Waals surface area contributed by atoms with E-state index in [1.165, 1.54) is 35.1 Å². The Morgan fingerprint density at radius 1 is 1.21 bits per heavy atom. The Labute approximate surface area is 204 Å². The molecule has 4 unspecified atom stereocenters. The maximum absolute atomic E-state index is 9.42. The summed E-state index contributed by atoms with van der Waals surface area (Å²) >= 11 is 0. The molecule has 0 aromatic rings. The standard InChI is InChI=1S/C31H50O2/c1-9-31-27(6)25(4)18-19-29(31)20-22-30(8,33-31)21-12-16-24(3)14-10-13-23(2)15-11-17-26(5)28(7)32/h15-16,18-19,26-27,32H,7,9-14,17,20-22H2,1-6,8H3/b23-15+,24-16+. The number of aliphatic hydroxyl groups is 1. The van der Waals surface area contributed by atoms with Gasteiger partial charge in [0.2, 0.25) is 0 Å². The molecule has 186 valence electrons. The Balaban J connectivity index is 1.79. The van der Waals surface area contributed by atoms with Gasteiger partial charge in [0.1, 0.15) is 0 Å². The van der Waals surface area contributed by atoms with Crippen LogP contribution in [-0.4, -0.2) is 16.3 Å². The minimum absolute atomic E-state index is 0.0354. The summed E-state index contributed by atoms with van der Waals surface area (Å²) in [6.45, 7) is 19.4. The Morgan fingerprint density at radius 3 is 2.45 bits per heavy atom. The number of hydrogen-bond donors (Lipinski definition) is 1. The third-order valence-electron chi connectivity index (χ3n) is 8.32. The van der Waals surface area contributed by atoms with Crippen LogP contribution in [0.4, 0.5) is 0 Å². The molecular weight excluding hydrogens is 404 g/mol. The SMILES string of the molecule is C=C(O)C(C)CC/C=C(\C)CCC/C(C)=C/CCC1(C)CCC2=CC=C(C)C(C)C2(CC)O1. The van der Waals surface area contributed by atoms with Crippen LogP contribution in [0.1, 0.15) is 113 Å². The molecular formula is C31H50O2. The van der Waals surface area contributed by atoms with E-state index in [1.807, 2.05) is 6.92 Å². The first-order valence-corrected chi connectivity index (χ1v) is 13.3. The van der Waals surface area contributed by atoms with Gasteiger partial charge < -0.3 is 9.84 Å². The second-order valence-corrected chi connectivity index (χ2v) is 11.1. The maximum atomic E-state index is 9.42. The molecule has 0 spiro atoms. The molecule has 1 aliphatic heterocycles. The van der Waals surface area contributed by atoms with Gasteiger partial charge in [-0.3, -0.25) is 0 Å². The maximum Gasteiger partial charge on any atom is 0.0961 e. The van der Waals surface area contributed by atoms with E-state index in [0.717, 1.165) is 51.4 Å². The summed E-state index contributed by atoms with van der Waals surface area (Å²) in [6, 6.07) is 0. The van der Waals surface area contributed by atoms with E-state index >= 15 is 0 Å². The lowest BCUT2D eigenvalue weighted by molar-refractivity contribution is -0.175. The minimum Gasteiger partial charge on any atom is -0.513 e. The number of hydrogen-bond acceptors (Lipinski definition) is 2. The predicted molar refractivity (Wildman–Crippen MR) is 144 cm³/mol. The van der Waals surface area contributed by atoms with Crippen LogP contribution in [0, 0.1) is 11.8 Å². The molecule has 0 bridgehead atoms. The summed E-state index contributed by atoms with van der Waals surface area (Å²) in [4.78, 5) is 0. The van der Waals surface area contributed by atoms with Crippen molar-refractivity contribution in [1.29, 1.82) is 0 Å². The number of aliphatic hydroxyl groups excluding tert-OH is 1. The molecule has 1 saturated heterocycles. The van der Waals surface area contributed by atoms with Crippen molar-refractivity contribution in [3.8, 4) is 0 Å². The Hall–Kier alpha value is -1.54. The minimum atomic E-state index is -0.101. The molecule has 1 fully saturated rings. The lowest BCUT2D eigenvalue weighted by Crippen LogP contribution is -2.53. The first-order valence-electron chi connectivity index (χ1n) is 13.3. The van der Waals surface area contributed by atoms with Crippen molar-refractivity contribution in [3.63, 3.8) is 0 Å². The van der Waals surface area contributed by atoms with Crippen molar-refractivity contribution in [3.05, 3.63) is 58.9 Å². The molecule has 33 heavy (non-hydrogen) atoms. The number of rotatable bonds is 12. The Bertz CT molecular complexity index is 796. The van der Waals surface area contributed by atoms with Gasteiger partial charge in [0.15, 0.2) is 0 Å². The quantitative estimate of drug-likeness (QED) is 0.235. The molecule has 2 heteroatoms. The fourth-order valence-electron chi connectivity index (χ4n) is 5.50. The summed E-state index contributed by atoms with van der Waals surface area (Å²) in [7, 11) is 0. The monoisotopic (exact) mass is 454 g/mol. The topological polar surface area (TPSA) is 29.5 Å². The Kier molecular flexibility index (Phi) is 10.3. The summed E-state index contributed by atoms with van der Waals surface area (Å²) in [5.74, 6) is 0.948. The molecule has 0 radical (unpaired) electrons. The molecule has 0 aromatic carbocycles. The smallest absolute Gasteiger partial charge is 0.0961 e. The predicted octanol–water partition coefficient (Wildman–Crippen LogP) is 9.56. The van der Waals surface area contributed by atoms with Crippen molar-refractivity contribution in [2.45, 2.75) is 124 Å². The zero-order chi connectivity index (χ0) is 24.6. The summed E-state index contributed by atoms with van der Waals surface area (Å²) in [5, 5.41) is 9.42. The van der Waals surface area contributed by atoms with Crippen molar-refractivity contribution in [2.24, 2.45) is 11.8 Å². The van der Waals surface area contributed by atoms with Gasteiger partial charge in [0, 0.05) is 11.8 Å². The van der Waals surface area contributed by atoms with E-state index in [9.17, 15) is 5.11 Å². The van der Waals surface area contributed by atoms with Crippen molar-refractivity contribution >= 4 is 0 Å². The summed E-state index contributed by atoms with van der Waals surface area (Å²) in [6.07, 6.45) is 20.5. The zero-order valence-corrected chi connectivity index (χ0v) is 22.6. The first kappa shape index (κ1) is 27.7. The van der Waals surface area contributed by atoms with Crippen LogP contribution in [0.2, 0.25) is 0 Å². The Morgan fingerprint density at radius 2 is 1.85 bits per heavy atom. The molecule has 1 N–H and O–H groups in total. The third-order valence-corrected chi connectivity index (χ3v) is 8.32.